The fraction of sp³-hybridized carbons (Fsp3) is 0.0833. The van der Waals surface area contributed by atoms with Crippen LogP contribution in [0.5, 0.6) is 11.8 Å². The van der Waals surface area contributed by atoms with E-state index in [1.807, 2.05) is 61.5 Å². The molecule has 0 aliphatic heterocycles. The van der Waals surface area contributed by atoms with Crippen molar-refractivity contribution in [3.8, 4) is 11.8 Å². The van der Waals surface area contributed by atoms with Crippen molar-refractivity contribution >= 4 is 39.7 Å². The number of thiocarbonyl (C=S) groups is 1. The predicted molar refractivity (Wildman–Crippen MR) is 127 cm³/mol. The second kappa shape index (κ2) is 8.99. The summed E-state index contributed by atoms with van der Waals surface area (Å²) in [5.41, 5.74) is 2.98. The second-order valence-electron chi connectivity index (χ2n) is 7.28. The summed E-state index contributed by atoms with van der Waals surface area (Å²) in [5, 5.41) is 32.4. The van der Waals surface area contributed by atoms with E-state index in [1.165, 1.54) is 16.7 Å². The highest BCUT2D eigenvalue weighted by Gasteiger charge is 2.18. The molecule has 0 radical (unpaired) electrons. The van der Waals surface area contributed by atoms with E-state index >= 15 is 0 Å². The highest BCUT2D eigenvalue weighted by molar-refractivity contribution is 7.80. The minimum absolute atomic E-state index is 0.0535. The van der Waals surface area contributed by atoms with Crippen molar-refractivity contribution in [2.24, 2.45) is 10.2 Å². The molecule has 1 heterocycles. The zero-order valence-corrected chi connectivity index (χ0v) is 18.0. The number of aromatic nitrogens is 1. The molecule has 0 unspecified atom stereocenters. The van der Waals surface area contributed by atoms with Crippen molar-refractivity contribution in [1.82, 2.24) is 4.57 Å². The summed E-state index contributed by atoms with van der Waals surface area (Å²) in [7, 11) is 0. The fourth-order valence-corrected chi connectivity index (χ4v) is 3.46. The molecule has 3 aromatic carbocycles. The Labute approximate surface area is 189 Å². The number of benzene rings is 3. The maximum absolute atomic E-state index is 12.5. The van der Waals surface area contributed by atoms with Crippen LogP contribution in [-0.4, -0.2) is 25.8 Å². The molecule has 0 aliphatic rings. The van der Waals surface area contributed by atoms with Gasteiger partial charge in [-0.05, 0) is 55.0 Å². The van der Waals surface area contributed by atoms with E-state index in [9.17, 15) is 15.0 Å². The average molecular weight is 445 g/mol. The first-order chi connectivity index (χ1) is 15.4. The standard InChI is InChI=1S/C24H20N4O3S/c1-15-7-10-18(11-8-15)25-24(32)27-26-21(29)17-9-12-19-20(13-17)23(31)28(22(19)30)14-16-5-3-2-4-6-16/h2-13,30-31H,14H2,1H3,(H,25,32). The van der Waals surface area contributed by atoms with Crippen molar-refractivity contribution in [3.63, 3.8) is 0 Å². The molecule has 160 valence electrons. The first kappa shape index (κ1) is 21.2. The van der Waals surface area contributed by atoms with E-state index in [1.54, 1.807) is 6.07 Å². The van der Waals surface area contributed by atoms with Gasteiger partial charge in [-0.1, -0.05) is 48.0 Å². The van der Waals surface area contributed by atoms with Crippen LogP contribution in [-0.2, 0) is 6.54 Å². The SMILES string of the molecule is Cc1ccc(NC(=S)N=NC(=O)c2ccc3c(O)n(Cc4ccccc4)c(O)c3c2)cc1. The Kier molecular flexibility index (Phi) is 5.96. The molecule has 1 aromatic heterocycles. The summed E-state index contributed by atoms with van der Waals surface area (Å²) in [5.74, 6) is -0.829. The molecule has 0 atom stereocenters. The van der Waals surface area contributed by atoms with E-state index in [0.29, 0.717) is 10.8 Å². The number of nitrogens with one attached hydrogen (secondary N) is 1. The van der Waals surface area contributed by atoms with Crippen molar-refractivity contribution in [1.29, 1.82) is 0 Å². The third kappa shape index (κ3) is 4.50. The van der Waals surface area contributed by atoms with Crippen molar-refractivity contribution in [2.75, 3.05) is 5.32 Å². The molecule has 0 aliphatic carbocycles. The Morgan fingerprint density at radius 3 is 2.34 bits per heavy atom. The van der Waals surface area contributed by atoms with Crippen molar-refractivity contribution < 1.29 is 15.0 Å². The highest BCUT2D eigenvalue weighted by Crippen LogP contribution is 2.37. The fourth-order valence-electron chi connectivity index (χ4n) is 3.30. The normalized spacial score (nSPS) is 11.2. The Bertz CT molecular complexity index is 1330. The zero-order chi connectivity index (χ0) is 22.7. The Hall–Kier alpha value is -4.04. The molecule has 1 amide bonds. The van der Waals surface area contributed by atoms with Gasteiger partial charge in [0.1, 0.15) is 0 Å². The number of azo groups is 1. The summed E-state index contributed by atoms with van der Waals surface area (Å²) in [4.78, 5) is 12.5. The van der Waals surface area contributed by atoms with Crippen LogP contribution in [0.25, 0.3) is 10.8 Å². The number of carbonyl (C=O) groups excluding carboxylic acids is 1. The molecule has 0 fully saturated rings. The van der Waals surface area contributed by atoms with Gasteiger partial charge in [0.2, 0.25) is 16.9 Å². The number of carbonyl (C=O) groups is 1. The maximum atomic E-state index is 12.5. The number of hydrogen-bond acceptors (Lipinski definition) is 4. The molecule has 32 heavy (non-hydrogen) atoms. The first-order valence-corrected chi connectivity index (χ1v) is 10.2. The number of nitrogens with zero attached hydrogens (tertiary/aromatic N) is 3. The number of amides is 1. The van der Waals surface area contributed by atoms with Gasteiger partial charge in [-0.2, -0.15) is 0 Å². The van der Waals surface area contributed by atoms with Gasteiger partial charge >= 0.3 is 0 Å². The van der Waals surface area contributed by atoms with E-state index in [-0.39, 0.29) is 29.0 Å². The number of anilines is 1. The van der Waals surface area contributed by atoms with E-state index in [0.717, 1.165) is 16.8 Å². The van der Waals surface area contributed by atoms with Crippen LogP contribution in [0.15, 0.2) is 83.0 Å². The van der Waals surface area contributed by atoms with Gasteiger partial charge in [0.05, 0.1) is 6.54 Å². The minimum atomic E-state index is -0.616. The van der Waals surface area contributed by atoms with Gasteiger partial charge in [-0.15, -0.1) is 10.2 Å². The molecule has 8 heteroatoms. The zero-order valence-electron chi connectivity index (χ0n) is 17.2. The van der Waals surface area contributed by atoms with Crippen LogP contribution < -0.4 is 5.32 Å². The number of aryl methyl sites for hydroxylation is 1. The summed E-state index contributed by atoms with van der Waals surface area (Å²) in [6, 6.07) is 21.6. The number of aromatic hydroxyl groups is 2. The Morgan fingerprint density at radius 1 is 0.938 bits per heavy atom. The van der Waals surface area contributed by atoms with Gasteiger partial charge in [0, 0.05) is 22.0 Å². The summed E-state index contributed by atoms with van der Waals surface area (Å²) >= 11 is 5.12. The summed E-state index contributed by atoms with van der Waals surface area (Å²) in [6.45, 7) is 2.26. The van der Waals surface area contributed by atoms with Crippen LogP contribution in [0.2, 0.25) is 0 Å². The molecular weight excluding hydrogens is 424 g/mol. The van der Waals surface area contributed by atoms with Crippen LogP contribution in [0, 0.1) is 6.92 Å². The van der Waals surface area contributed by atoms with Crippen molar-refractivity contribution in [3.05, 3.63) is 89.5 Å². The van der Waals surface area contributed by atoms with E-state index < -0.39 is 5.91 Å². The molecule has 7 nitrogen and oxygen atoms in total. The van der Waals surface area contributed by atoms with Gasteiger partial charge in [-0.3, -0.25) is 9.36 Å². The van der Waals surface area contributed by atoms with Crippen molar-refractivity contribution in [2.45, 2.75) is 13.5 Å². The van der Waals surface area contributed by atoms with E-state index in [2.05, 4.69) is 15.5 Å². The lowest BCUT2D eigenvalue weighted by molar-refractivity contribution is 0.0995. The highest BCUT2D eigenvalue weighted by atomic mass is 32.1. The lowest BCUT2D eigenvalue weighted by atomic mass is 10.1. The number of rotatable bonds is 4. The molecule has 4 rings (SSSR count). The number of hydrogen-bond donors (Lipinski definition) is 3. The van der Waals surface area contributed by atoms with Gasteiger partial charge in [-0.25, -0.2) is 0 Å². The number of fused-ring (bicyclic) bond motifs is 1. The van der Waals surface area contributed by atoms with Crippen LogP contribution in [0.3, 0.4) is 0 Å². The third-order valence-corrected chi connectivity index (χ3v) is 5.16. The quantitative estimate of drug-likeness (QED) is 0.289. The van der Waals surface area contributed by atoms with Gasteiger partial charge < -0.3 is 15.5 Å². The molecule has 4 aromatic rings. The predicted octanol–water partition coefficient (Wildman–Crippen LogP) is 5.40. The molecule has 0 saturated carbocycles. The maximum Gasteiger partial charge on any atom is 0.295 e. The molecule has 0 bridgehead atoms. The van der Waals surface area contributed by atoms with Gasteiger partial charge in [0.15, 0.2) is 0 Å². The lowest BCUT2D eigenvalue weighted by Gasteiger charge is -2.06. The minimum Gasteiger partial charge on any atom is -0.494 e. The summed E-state index contributed by atoms with van der Waals surface area (Å²) < 4.78 is 1.39. The van der Waals surface area contributed by atoms with Crippen LogP contribution in [0.1, 0.15) is 21.5 Å². The van der Waals surface area contributed by atoms with Crippen LogP contribution >= 0.6 is 12.2 Å². The summed E-state index contributed by atoms with van der Waals surface area (Å²) in [6.07, 6.45) is 0. The largest absolute Gasteiger partial charge is 0.494 e. The first-order valence-electron chi connectivity index (χ1n) is 9.84. The molecular formula is C24H20N4O3S. The molecule has 0 spiro atoms. The average Bonchev–Trinajstić information content (AvgIpc) is 3.04. The topological polar surface area (TPSA) is 99.2 Å². The monoisotopic (exact) mass is 444 g/mol. The van der Waals surface area contributed by atoms with Crippen LogP contribution in [0.4, 0.5) is 5.69 Å². The molecule has 3 N–H and O–H groups in total. The Balaban J connectivity index is 1.53. The smallest absolute Gasteiger partial charge is 0.295 e. The molecule has 0 saturated heterocycles. The lowest BCUT2D eigenvalue weighted by Crippen LogP contribution is -2.06. The van der Waals surface area contributed by atoms with E-state index in [4.69, 9.17) is 12.2 Å². The third-order valence-electron chi connectivity index (χ3n) is 4.98. The Morgan fingerprint density at radius 2 is 1.62 bits per heavy atom. The second-order valence-corrected chi connectivity index (χ2v) is 7.67. The van der Waals surface area contributed by atoms with Gasteiger partial charge in [0.25, 0.3) is 5.91 Å².